The van der Waals surface area contributed by atoms with Crippen LogP contribution in [-0.2, 0) is 9.53 Å². The van der Waals surface area contributed by atoms with Crippen LogP contribution in [0.1, 0.15) is 43.1 Å². The Bertz CT molecular complexity index is 938. The number of benzene rings is 1. The first-order valence-electron chi connectivity index (χ1n) is 9.47. The van der Waals surface area contributed by atoms with Gasteiger partial charge in [0.25, 0.3) is 11.5 Å². The van der Waals surface area contributed by atoms with Gasteiger partial charge >= 0.3 is 5.97 Å². The molecule has 2 saturated carbocycles. The van der Waals surface area contributed by atoms with Crippen LogP contribution < -0.4 is 10.9 Å². The molecule has 7 nitrogen and oxygen atoms in total. The van der Waals surface area contributed by atoms with Crippen molar-refractivity contribution in [3.63, 3.8) is 0 Å². The molecule has 1 amide bonds. The third kappa shape index (κ3) is 3.46. The summed E-state index contributed by atoms with van der Waals surface area (Å²) in [5.41, 5.74) is -0.376. The van der Waals surface area contributed by atoms with Crippen LogP contribution in [-0.4, -0.2) is 34.7 Å². The number of rotatable bonds is 5. The summed E-state index contributed by atoms with van der Waals surface area (Å²) in [6.45, 7) is 1.67. The number of aromatic amines is 1. The lowest BCUT2D eigenvalue weighted by Gasteiger charge is -2.28. The standard InChI is InChI=1S/C20H23N3O4/c1-11(16-9-12-6-7-13(16)8-12)21-17(24)10-27-20(26)18-14-4-2-3-5-15(14)19(25)23-22-18/h2-5,11-13,16H,6-10H2,1H3,(H,21,24)(H,23,25)/t11-,12+,13+,16+/m1/s1. The number of hydrogen-bond acceptors (Lipinski definition) is 5. The summed E-state index contributed by atoms with van der Waals surface area (Å²) >= 11 is 0. The second-order valence-corrected chi connectivity index (χ2v) is 7.72. The molecule has 2 aliphatic rings. The first kappa shape index (κ1) is 17.7. The number of ether oxygens (including phenoxy) is 1. The summed E-state index contributed by atoms with van der Waals surface area (Å²) in [7, 11) is 0. The van der Waals surface area contributed by atoms with Crippen molar-refractivity contribution in [3.05, 3.63) is 40.3 Å². The number of nitrogens with zero attached hydrogens (tertiary/aromatic N) is 1. The zero-order valence-electron chi connectivity index (χ0n) is 15.2. The highest BCUT2D eigenvalue weighted by atomic mass is 16.5. The lowest BCUT2D eigenvalue weighted by atomic mass is 9.84. The van der Waals surface area contributed by atoms with E-state index in [0.29, 0.717) is 22.6 Å². The van der Waals surface area contributed by atoms with Crippen LogP contribution in [0.4, 0.5) is 0 Å². The fraction of sp³-hybridized carbons (Fsp3) is 0.500. The van der Waals surface area contributed by atoms with Gasteiger partial charge in [0.05, 0.1) is 5.39 Å². The van der Waals surface area contributed by atoms with E-state index >= 15 is 0 Å². The molecular formula is C20H23N3O4. The van der Waals surface area contributed by atoms with E-state index in [1.165, 1.54) is 25.7 Å². The van der Waals surface area contributed by atoms with Crippen molar-refractivity contribution < 1.29 is 14.3 Å². The minimum Gasteiger partial charge on any atom is -0.451 e. The lowest BCUT2D eigenvalue weighted by Crippen LogP contribution is -2.42. The molecule has 0 aliphatic heterocycles. The molecule has 1 aromatic heterocycles. The van der Waals surface area contributed by atoms with Gasteiger partial charge < -0.3 is 10.1 Å². The second-order valence-electron chi connectivity index (χ2n) is 7.72. The summed E-state index contributed by atoms with van der Waals surface area (Å²) in [6, 6.07) is 6.74. The Morgan fingerprint density at radius 2 is 2.04 bits per heavy atom. The molecule has 1 heterocycles. The smallest absolute Gasteiger partial charge is 0.359 e. The predicted molar refractivity (Wildman–Crippen MR) is 99.2 cm³/mol. The van der Waals surface area contributed by atoms with Gasteiger partial charge in [0, 0.05) is 11.4 Å². The Labute approximate surface area is 156 Å². The quantitative estimate of drug-likeness (QED) is 0.785. The van der Waals surface area contributed by atoms with Gasteiger partial charge in [-0.2, -0.15) is 5.10 Å². The summed E-state index contributed by atoms with van der Waals surface area (Å²) < 4.78 is 5.13. The Morgan fingerprint density at radius 1 is 1.26 bits per heavy atom. The molecule has 142 valence electrons. The van der Waals surface area contributed by atoms with Gasteiger partial charge in [0.1, 0.15) is 0 Å². The van der Waals surface area contributed by atoms with Gasteiger partial charge in [0.15, 0.2) is 12.3 Å². The van der Waals surface area contributed by atoms with E-state index in [1.807, 2.05) is 6.92 Å². The largest absolute Gasteiger partial charge is 0.451 e. The average Bonchev–Trinajstić information content (AvgIpc) is 3.30. The highest BCUT2D eigenvalue weighted by molar-refractivity contribution is 6.02. The minimum absolute atomic E-state index is 0.000786. The summed E-state index contributed by atoms with van der Waals surface area (Å²) in [4.78, 5) is 36.3. The molecule has 0 radical (unpaired) electrons. The van der Waals surface area contributed by atoms with Crippen LogP contribution >= 0.6 is 0 Å². The molecule has 1 aromatic carbocycles. The van der Waals surface area contributed by atoms with Crippen LogP contribution in [0.25, 0.3) is 10.8 Å². The Kier molecular flexibility index (Phi) is 4.68. The maximum atomic E-state index is 12.3. The average molecular weight is 369 g/mol. The molecule has 0 spiro atoms. The van der Waals surface area contributed by atoms with Crippen molar-refractivity contribution in [2.75, 3.05) is 6.61 Å². The summed E-state index contributed by atoms with van der Waals surface area (Å²) in [6.07, 6.45) is 5.04. The van der Waals surface area contributed by atoms with Gasteiger partial charge in [-0.15, -0.1) is 0 Å². The highest BCUT2D eigenvalue weighted by Gasteiger charge is 2.42. The molecule has 2 fully saturated rings. The molecule has 4 atom stereocenters. The van der Waals surface area contributed by atoms with Gasteiger partial charge in [-0.25, -0.2) is 9.89 Å². The number of esters is 1. The minimum atomic E-state index is -0.731. The van der Waals surface area contributed by atoms with E-state index in [1.54, 1.807) is 24.3 Å². The van der Waals surface area contributed by atoms with Crippen molar-refractivity contribution in [3.8, 4) is 0 Å². The molecule has 2 aromatic rings. The predicted octanol–water partition coefficient (Wildman–Crippen LogP) is 2.02. The number of amides is 1. The van der Waals surface area contributed by atoms with Gasteiger partial charge in [-0.3, -0.25) is 9.59 Å². The molecule has 27 heavy (non-hydrogen) atoms. The summed E-state index contributed by atoms with van der Waals surface area (Å²) in [5.74, 6) is 1.01. The second kappa shape index (κ2) is 7.13. The Morgan fingerprint density at radius 3 is 2.74 bits per heavy atom. The molecule has 2 aliphatic carbocycles. The lowest BCUT2D eigenvalue weighted by molar-refractivity contribution is -0.125. The normalized spacial score (nSPS) is 24.7. The van der Waals surface area contributed by atoms with E-state index in [9.17, 15) is 14.4 Å². The third-order valence-electron chi connectivity index (χ3n) is 6.05. The van der Waals surface area contributed by atoms with Crippen molar-refractivity contribution >= 4 is 22.6 Å². The third-order valence-corrected chi connectivity index (χ3v) is 6.05. The maximum Gasteiger partial charge on any atom is 0.359 e. The molecule has 0 saturated heterocycles. The molecule has 0 unspecified atom stereocenters. The summed E-state index contributed by atoms with van der Waals surface area (Å²) in [5, 5.41) is 9.80. The van der Waals surface area contributed by atoms with E-state index in [2.05, 4.69) is 15.5 Å². The number of hydrogen-bond donors (Lipinski definition) is 2. The van der Waals surface area contributed by atoms with Crippen molar-refractivity contribution in [2.45, 2.75) is 38.6 Å². The SMILES string of the molecule is C[C@@H](NC(=O)COC(=O)c1n[nH]c(=O)c2ccccc12)[C@@H]1C[C@H]2CC[C@H]1C2. The molecular weight excluding hydrogens is 346 g/mol. The van der Waals surface area contributed by atoms with Gasteiger partial charge in [0.2, 0.25) is 0 Å². The molecule has 7 heteroatoms. The van der Waals surface area contributed by atoms with Crippen LogP contribution in [0.15, 0.2) is 29.1 Å². The zero-order chi connectivity index (χ0) is 19.0. The maximum absolute atomic E-state index is 12.3. The zero-order valence-corrected chi connectivity index (χ0v) is 15.2. The van der Waals surface area contributed by atoms with Crippen LogP contribution in [0.5, 0.6) is 0 Å². The number of aromatic nitrogens is 2. The molecule has 2 bridgehead atoms. The number of nitrogens with one attached hydrogen (secondary N) is 2. The fourth-order valence-electron chi connectivity index (χ4n) is 4.78. The Balaban J connectivity index is 1.36. The van der Waals surface area contributed by atoms with Crippen molar-refractivity contribution in [2.24, 2.45) is 17.8 Å². The fourth-order valence-corrected chi connectivity index (χ4v) is 4.78. The first-order chi connectivity index (χ1) is 13.0. The van der Waals surface area contributed by atoms with Crippen LogP contribution in [0, 0.1) is 17.8 Å². The first-order valence-corrected chi connectivity index (χ1v) is 9.47. The number of carbonyl (C=O) groups excluding carboxylic acids is 2. The monoisotopic (exact) mass is 369 g/mol. The van der Waals surface area contributed by atoms with Crippen molar-refractivity contribution in [1.82, 2.24) is 15.5 Å². The van der Waals surface area contributed by atoms with E-state index in [0.717, 1.165) is 5.92 Å². The number of H-pyrrole nitrogens is 1. The highest BCUT2D eigenvalue weighted by Crippen LogP contribution is 2.49. The van der Waals surface area contributed by atoms with E-state index in [4.69, 9.17) is 4.74 Å². The van der Waals surface area contributed by atoms with Gasteiger partial charge in [-0.1, -0.05) is 24.6 Å². The molecule has 2 N–H and O–H groups in total. The number of fused-ring (bicyclic) bond motifs is 3. The molecule has 4 rings (SSSR count). The number of carbonyl (C=O) groups is 2. The van der Waals surface area contributed by atoms with Crippen LogP contribution in [0.2, 0.25) is 0 Å². The van der Waals surface area contributed by atoms with Crippen LogP contribution in [0.3, 0.4) is 0 Å². The van der Waals surface area contributed by atoms with E-state index < -0.39 is 5.97 Å². The topological polar surface area (TPSA) is 101 Å². The van der Waals surface area contributed by atoms with Crippen molar-refractivity contribution in [1.29, 1.82) is 0 Å². The van der Waals surface area contributed by atoms with Gasteiger partial charge in [-0.05, 0) is 50.0 Å². The van der Waals surface area contributed by atoms with E-state index in [-0.39, 0.29) is 29.8 Å². The Hall–Kier alpha value is -2.70.